The zero-order chi connectivity index (χ0) is 28.4. The number of carbonyl (C=O) groups excluding carboxylic acids is 2. The molecule has 1 heterocycles. The van der Waals surface area contributed by atoms with Crippen molar-refractivity contribution in [2.75, 3.05) is 44.0 Å². The number of hydrogen-bond donors (Lipinski definition) is 1. The third-order valence-corrected chi connectivity index (χ3v) is 7.58. The first-order chi connectivity index (χ1) is 18.7. The van der Waals surface area contributed by atoms with Crippen molar-refractivity contribution in [2.24, 2.45) is 0 Å². The summed E-state index contributed by atoms with van der Waals surface area (Å²) in [7, 11) is -2.06. The molecule has 1 atom stereocenters. The summed E-state index contributed by atoms with van der Waals surface area (Å²) in [5, 5.41) is 2.90. The van der Waals surface area contributed by atoms with Gasteiger partial charge in [-0.3, -0.25) is 13.9 Å². The average molecular weight is 562 g/mol. The number of ether oxygens (including phenoxy) is 3. The minimum atomic E-state index is -3.63. The summed E-state index contributed by atoms with van der Waals surface area (Å²) in [6, 6.07) is 11.7. The predicted octanol–water partition coefficient (Wildman–Crippen LogP) is 3.35. The number of nitrogens with one attached hydrogen (secondary N) is 1. The number of nitrogens with zero attached hydrogens (tertiary/aromatic N) is 2. The van der Waals surface area contributed by atoms with Crippen LogP contribution in [0.2, 0.25) is 0 Å². The maximum Gasteiger partial charge on any atom is 0.242 e. The summed E-state index contributed by atoms with van der Waals surface area (Å²) in [6.45, 7) is 5.51. The van der Waals surface area contributed by atoms with E-state index in [0.717, 1.165) is 18.2 Å². The number of amides is 2. The van der Waals surface area contributed by atoms with E-state index < -0.39 is 16.1 Å². The van der Waals surface area contributed by atoms with Gasteiger partial charge in [0.15, 0.2) is 11.5 Å². The second-order valence-electron chi connectivity index (χ2n) is 9.35. The molecule has 11 heteroatoms. The van der Waals surface area contributed by atoms with Crippen LogP contribution in [0.25, 0.3) is 0 Å². The van der Waals surface area contributed by atoms with Crippen molar-refractivity contribution in [3.05, 3.63) is 48.0 Å². The highest BCUT2D eigenvalue weighted by Gasteiger charge is 2.29. The van der Waals surface area contributed by atoms with Gasteiger partial charge in [-0.2, -0.15) is 0 Å². The first-order valence-electron chi connectivity index (χ1n) is 13.2. The van der Waals surface area contributed by atoms with Crippen LogP contribution >= 0.6 is 0 Å². The minimum absolute atomic E-state index is 0.0676. The predicted molar refractivity (Wildman–Crippen MR) is 150 cm³/mol. The van der Waals surface area contributed by atoms with Gasteiger partial charge < -0.3 is 24.4 Å². The molecule has 0 spiro atoms. The summed E-state index contributed by atoms with van der Waals surface area (Å²) in [6.07, 6.45) is 2.69. The van der Waals surface area contributed by atoms with Crippen molar-refractivity contribution >= 4 is 27.5 Å². The van der Waals surface area contributed by atoms with Gasteiger partial charge in [-0.15, -0.1) is 0 Å². The lowest BCUT2D eigenvalue weighted by atomic mass is 10.1. The van der Waals surface area contributed by atoms with Gasteiger partial charge in [-0.1, -0.05) is 26.0 Å². The Bertz CT molecular complexity index is 1240. The van der Waals surface area contributed by atoms with Crippen LogP contribution in [0.4, 0.5) is 5.69 Å². The first kappa shape index (κ1) is 30.1. The third kappa shape index (κ3) is 8.26. The average Bonchev–Trinajstić information content (AvgIpc) is 2.93. The molecular formula is C28H39N3O7S. The molecule has 0 saturated heterocycles. The van der Waals surface area contributed by atoms with Crippen LogP contribution in [0.1, 0.15) is 45.1 Å². The van der Waals surface area contributed by atoms with Crippen molar-refractivity contribution in [1.29, 1.82) is 0 Å². The summed E-state index contributed by atoms with van der Waals surface area (Å²) in [5.41, 5.74) is 1.27. The molecule has 0 fully saturated rings. The van der Waals surface area contributed by atoms with E-state index in [1.54, 1.807) is 30.2 Å². The van der Waals surface area contributed by atoms with E-state index in [1.165, 1.54) is 4.31 Å². The molecule has 1 N–H and O–H groups in total. The standard InChI is InChI=1S/C28H39N3O7S/c1-5-14-29-28(33)24(6-2)30(20-21-9-7-10-23(18-21)36-3)27(32)11-8-15-31(39(4,34)35)22-12-13-25-26(19-22)38-17-16-37-25/h7,9-10,12-13,18-19,24H,5-6,8,11,14-17,20H2,1-4H3,(H,29,33)/t24-/m1/s1. The van der Waals surface area contributed by atoms with Gasteiger partial charge in [-0.05, 0) is 49.1 Å². The van der Waals surface area contributed by atoms with Crippen LogP contribution in [0.5, 0.6) is 17.2 Å². The van der Waals surface area contributed by atoms with Crippen LogP contribution in [-0.2, 0) is 26.2 Å². The maximum absolute atomic E-state index is 13.6. The van der Waals surface area contributed by atoms with Gasteiger partial charge >= 0.3 is 0 Å². The van der Waals surface area contributed by atoms with Crippen LogP contribution in [0, 0.1) is 0 Å². The first-order valence-corrected chi connectivity index (χ1v) is 15.1. The van der Waals surface area contributed by atoms with E-state index in [0.29, 0.717) is 49.1 Å². The van der Waals surface area contributed by atoms with Gasteiger partial charge in [-0.25, -0.2) is 8.42 Å². The molecule has 0 unspecified atom stereocenters. The number of benzene rings is 2. The van der Waals surface area contributed by atoms with Crippen molar-refractivity contribution in [1.82, 2.24) is 10.2 Å². The van der Waals surface area contributed by atoms with Crippen molar-refractivity contribution in [3.63, 3.8) is 0 Å². The second kappa shape index (κ2) is 14.1. The number of methoxy groups -OCH3 is 1. The Morgan fingerprint density at radius 3 is 2.49 bits per heavy atom. The van der Waals surface area contributed by atoms with Gasteiger partial charge in [0.2, 0.25) is 21.8 Å². The molecule has 214 valence electrons. The topological polar surface area (TPSA) is 114 Å². The van der Waals surface area contributed by atoms with E-state index in [4.69, 9.17) is 14.2 Å². The number of sulfonamides is 1. The Labute approximate surface area is 231 Å². The van der Waals surface area contributed by atoms with Gasteiger partial charge in [0, 0.05) is 32.1 Å². The molecule has 0 aliphatic carbocycles. The zero-order valence-corrected chi connectivity index (χ0v) is 24.0. The van der Waals surface area contributed by atoms with E-state index in [2.05, 4.69) is 5.32 Å². The second-order valence-corrected chi connectivity index (χ2v) is 11.3. The van der Waals surface area contributed by atoms with Crippen molar-refractivity contribution < 1.29 is 32.2 Å². The Hall–Kier alpha value is -3.47. The quantitative estimate of drug-likeness (QED) is 0.376. The lowest BCUT2D eigenvalue weighted by Gasteiger charge is -2.31. The molecule has 0 saturated carbocycles. The Morgan fingerprint density at radius 1 is 1.08 bits per heavy atom. The van der Waals surface area contributed by atoms with Crippen LogP contribution in [0.3, 0.4) is 0 Å². The highest BCUT2D eigenvalue weighted by Crippen LogP contribution is 2.34. The Balaban J connectivity index is 1.77. The third-order valence-electron chi connectivity index (χ3n) is 6.39. The molecular weight excluding hydrogens is 522 g/mol. The number of hydrogen-bond acceptors (Lipinski definition) is 7. The summed E-state index contributed by atoms with van der Waals surface area (Å²) in [4.78, 5) is 28.1. The SMILES string of the molecule is CCCNC(=O)[C@@H](CC)N(Cc1cccc(OC)c1)C(=O)CCCN(c1ccc2c(c1)OCCO2)S(C)(=O)=O. The molecule has 3 rings (SSSR count). The fourth-order valence-corrected chi connectivity index (χ4v) is 5.40. The van der Waals surface area contributed by atoms with E-state index in [9.17, 15) is 18.0 Å². The summed E-state index contributed by atoms with van der Waals surface area (Å²) >= 11 is 0. The number of carbonyl (C=O) groups is 2. The van der Waals surface area contributed by atoms with Gasteiger partial charge in [0.05, 0.1) is 19.1 Å². The molecule has 2 aromatic carbocycles. The maximum atomic E-state index is 13.6. The molecule has 0 radical (unpaired) electrons. The molecule has 0 bridgehead atoms. The smallest absolute Gasteiger partial charge is 0.242 e. The van der Waals surface area contributed by atoms with Crippen molar-refractivity contribution in [2.45, 2.75) is 52.1 Å². The molecule has 1 aliphatic heterocycles. The lowest BCUT2D eigenvalue weighted by molar-refractivity contribution is -0.141. The Kier molecular flexibility index (Phi) is 10.8. The molecule has 1 aliphatic rings. The normalized spacial score (nSPS) is 13.3. The largest absolute Gasteiger partial charge is 0.497 e. The van der Waals surface area contributed by atoms with Crippen LogP contribution in [-0.4, -0.2) is 70.8 Å². The molecule has 2 amide bonds. The summed E-state index contributed by atoms with van der Waals surface area (Å²) < 4.78 is 43.0. The highest BCUT2D eigenvalue weighted by molar-refractivity contribution is 7.92. The van der Waals surface area contributed by atoms with E-state index in [-0.39, 0.29) is 37.7 Å². The molecule has 10 nitrogen and oxygen atoms in total. The fraction of sp³-hybridized carbons (Fsp3) is 0.500. The van der Waals surface area contributed by atoms with E-state index >= 15 is 0 Å². The Morgan fingerprint density at radius 2 is 1.82 bits per heavy atom. The molecule has 39 heavy (non-hydrogen) atoms. The number of fused-ring (bicyclic) bond motifs is 1. The fourth-order valence-electron chi connectivity index (χ4n) is 4.44. The van der Waals surface area contributed by atoms with E-state index in [1.807, 2.05) is 38.1 Å². The van der Waals surface area contributed by atoms with Crippen LogP contribution < -0.4 is 23.8 Å². The number of rotatable bonds is 14. The molecule has 2 aromatic rings. The lowest BCUT2D eigenvalue weighted by Crippen LogP contribution is -2.49. The van der Waals surface area contributed by atoms with Gasteiger partial charge in [0.25, 0.3) is 0 Å². The monoisotopic (exact) mass is 561 g/mol. The minimum Gasteiger partial charge on any atom is -0.497 e. The number of anilines is 1. The highest BCUT2D eigenvalue weighted by atomic mass is 32.2. The summed E-state index contributed by atoms with van der Waals surface area (Å²) in [5.74, 6) is 1.27. The molecule has 0 aromatic heterocycles. The zero-order valence-electron chi connectivity index (χ0n) is 23.1. The van der Waals surface area contributed by atoms with Gasteiger partial charge in [0.1, 0.15) is 25.0 Å². The van der Waals surface area contributed by atoms with Crippen LogP contribution in [0.15, 0.2) is 42.5 Å². The van der Waals surface area contributed by atoms with Crippen molar-refractivity contribution in [3.8, 4) is 17.2 Å².